The van der Waals surface area contributed by atoms with Crippen LogP contribution in [0.5, 0.6) is 5.75 Å². The van der Waals surface area contributed by atoms with Gasteiger partial charge in [0.05, 0.1) is 5.75 Å². The van der Waals surface area contributed by atoms with Gasteiger partial charge in [0.1, 0.15) is 5.76 Å². The van der Waals surface area contributed by atoms with Crippen molar-refractivity contribution in [3.05, 3.63) is 40.5 Å². The predicted molar refractivity (Wildman–Crippen MR) is 80.0 cm³/mol. The summed E-state index contributed by atoms with van der Waals surface area (Å²) in [7, 11) is -1.82. The lowest BCUT2D eigenvalue weighted by molar-refractivity contribution is 0.435. The lowest BCUT2D eigenvalue weighted by Gasteiger charge is -2.20. The molecule has 3 nitrogen and oxygen atoms in total. The highest BCUT2D eigenvalue weighted by atomic mass is 32.2. The molecule has 18 heavy (non-hydrogen) atoms. The van der Waals surface area contributed by atoms with Gasteiger partial charge in [-0.05, 0) is 26.6 Å². The normalized spacial score (nSPS) is 11.3. The molecule has 0 amide bonds. The van der Waals surface area contributed by atoms with Gasteiger partial charge < -0.3 is 8.84 Å². The number of rotatable bonds is 6. The quantitative estimate of drug-likeness (QED) is 0.455. The molecule has 0 radical (unpaired) electrons. The van der Waals surface area contributed by atoms with Gasteiger partial charge >= 0.3 is 0 Å². The minimum Gasteiger partial charge on any atom is -0.539 e. The summed E-state index contributed by atoms with van der Waals surface area (Å²) < 4.78 is 11.5. The topological polar surface area (TPSA) is 39.4 Å². The molecule has 0 N–H and O–H groups in total. The van der Waals surface area contributed by atoms with Crippen LogP contribution in [-0.2, 0) is 5.75 Å². The Kier molecular flexibility index (Phi) is 5.28. The summed E-state index contributed by atoms with van der Waals surface area (Å²) in [5.41, 5.74) is -0.0876. The van der Waals surface area contributed by atoms with E-state index in [0.29, 0.717) is 23.0 Å². The summed E-state index contributed by atoms with van der Waals surface area (Å²) in [6.45, 7) is 11.6. The molecule has 100 valence electrons. The third kappa shape index (κ3) is 4.74. The van der Waals surface area contributed by atoms with Crippen LogP contribution in [0.3, 0.4) is 0 Å². The van der Waals surface area contributed by atoms with Gasteiger partial charge in [-0.3, -0.25) is 4.79 Å². The van der Waals surface area contributed by atoms with Crippen molar-refractivity contribution in [1.29, 1.82) is 0 Å². The Hall–Kier alpha value is -0.943. The molecule has 1 heterocycles. The van der Waals surface area contributed by atoms with E-state index >= 15 is 0 Å². The average Bonchev–Trinajstić information content (AvgIpc) is 2.22. The SMILES string of the molecule is C=CCSCc1oc(C)cc(=O)c1O[Si](C)(C)C. The van der Waals surface area contributed by atoms with Crippen LogP contribution in [0.2, 0.25) is 19.6 Å². The molecule has 1 rings (SSSR count). The Morgan fingerprint density at radius 1 is 1.50 bits per heavy atom. The zero-order chi connectivity index (χ0) is 13.8. The third-order valence-electron chi connectivity index (χ3n) is 1.97. The number of hydrogen-bond acceptors (Lipinski definition) is 4. The molecule has 0 aliphatic carbocycles. The highest BCUT2D eigenvalue weighted by Crippen LogP contribution is 2.23. The monoisotopic (exact) mass is 284 g/mol. The highest BCUT2D eigenvalue weighted by Gasteiger charge is 2.22. The summed E-state index contributed by atoms with van der Waals surface area (Å²) in [4.78, 5) is 12.0. The van der Waals surface area contributed by atoms with Crippen LogP contribution in [0.4, 0.5) is 0 Å². The molecule has 0 spiro atoms. The summed E-state index contributed by atoms with van der Waals surface area (Å²) in [5.74, 6) is 3.09. The molecule has 1 aromatic heterocycles. The maximum absolute atomic E-state index is 12.0. The van der Waals surface area contributed by atoms with Crippen molar-refractivity contribution in [2.24, 2.45) is 0 Å². The largest absolute Gasteiger partial charge is 0.539 e. The van der Waals surface area contributed by atoms with Crippen LogP contribution in [-0.4, -0.2) is 14.1 Å². The smallest absolute Gasteiger partial charge is 0.242 e. The van der Waals surface area contributed by atoms with Crippen molar-refractivity contribution in [3.8, 4) is 5.75 Å². The minimum absolute atomic E-state index is 0.0876. The van der Waals surface area contributed by atoms with Crippen LogP contribution >= 0.6 is 11.8 Å². The van der Waals surface area contributed by atoms with E-state index in [2.05, 4.69) is 6.58 Å². The van der Waals surface area contributed by atoms with Gasteiger partial charge in [-0.15, -0.1) is 18.3 Å². The molecule has 1 aromatic rings. The Morgan fingerprint density at radius 3 is 2.72 bits per heavy atom. The molecule has 0 saturated heterocycles. The lowest BCUT2D eigenvalue weighted by atomic mass is 10.3. The lowest BCUT2D eigenvalue weighted by Crippen LogP contribution is -2.32. The second-order valence-corrected chi connectivity index (χ2v) is 10.5. The van der Waals surface area contributed by atoms with E-state index in [1.54, 1.807) is 18.7 Å². The third-order valence-corrected chi connectivity index (χ3v) is 3.73. The van der Waals surface area contributed by atoms with E-state index in [1.165, 1.54) is 6.07 Å². The molecule has 5 heteroatoms. The van der Waals surface area contributed by atoms with E-state index in [1.807, 2.05) is 25.7 Å². The second-order valence-electron chi connectivity index (χ2n) is 4.99. The Balaban J connectivity index is 3.05. The molecule has 0 fully saturated rings. The molecule has 0 saturated carbocycles. The summed E-state index contributed by atoms with van der Waals surface area (Å²) in [5, 5.41) is 0. The van der Waals surface area contributed by atoms with Gasteiger partial charge in [-0.25, -0.2) is 0 Å². The molecule has 0 aliphatic heterocycles. The first-order chi connectivity index (χ1) is 8.33. The number of aryl methyl sites for hydroxylation is 1. The molecule has 0 bridgehead atoms. The van der Waals surface area contributed by atoms with Gasteiger partial charge in [-0.2, -0.15) is 0 Å². The van der Waals surface area contributed by atoms with Crippen molar-refractivity contribution in [3.63, 3.8) is 0 Å². The van der Waals surface area contributed by atoms with Gasteiger partial charge in [0.15, 0.2) is 11.5 Å². The van der Waals surface area contributed by atoms with E-state index in [4.69, 9.17) is 8.84 Å². The maximum Gasteiger partial charge on any atom is 0.242 e. The van der Waals surface area contributed by atoms with Crippen molar-refractivity contribution < 1.29 is 8.84 Å². The molecular weight excluding hydrogens is 264 g/mol. The molecular formula is C13H20O3SSi. The fraction of sp³-hybridized carbons (Fsp3) is 0.462. The Labute approximate surface area is 113 Å². The van der Waals surface area contributed by atoms with Crippen LogP contribution < -0.4 is 9.85 Å². The van der Waals surface area contributed by atoms with Crippen molar-refractivity contribution in [2.75, 3.05) is 5.75 Å². The summed E-state index contributed by atoms with van der Waals surface area (Å²) >= 11 is 1.65. The first-order valence-electron chi connectivity index (χ1n) is 5.85. The summed E-state index contributed by atoms with van der Waals surface area (Å²) in [6, 6.07) is 1.48. The van der Waals surface area contributed by atoms with Gasteiger partial charge in [-0.1, -0.05) is 6.08 Å². The zero-order valence-electron chi connectivity index (χ0n) is 11.4. The van der Waals surface area contributed by atoms with E-state index in [9.17, 15) is 4.79 Å². The average molecular weight is 284 g/mol. The fourth-order valence-corrected chi connectivity index (χ4v) is 2.89. The molecule has 0 aliphatic rings. The number of hydrogen-bond donors (Lipinski definition) is 0. The maximum atomic E-state index is 12.0. The van der Waals surface area contributed by atoms with Crippen LogP contribution in [0.15, 0.2) is 27.9 Å². The minimum atomic E-state index is -1.82. The highest BCUT2D eigenvalue weighted by molar-refractivity contribution is 7.98. The van der Waals surface area contributed by atoms with Crippen molar-refractivity contribution >= 4 is 20.1 Å². The fourth-order valence-electron chi connectivity index (χ4n) is 1.40. The van der Waals surface area contributed by atoms with Gasteiger partial charge in [0.25, 0.3) is 0 Å². The van der Waals surface area contributed by atoms with E-state index < -0.39 is 8.32 Å². The van der Waals surface area contributed by atoms with Crippen LogP contribution in [0, 0.1) is 6.92 Å². The first kappa shape index (κ1) is 15.1. The van der Waals surface area contributed by atoms with Crippen molar-refractivity contribution in [1.82, 2.24) is 0 Å². The molecule has 0 unspecified atom stereocenters. The molecule has 0 aromatic carbocycles. The number of thioether (sulfide) groups is 1. The first-order valence-corrected chi connectivity index (χ1v) is 10.4. The Bertz CT molecular complexity index is 474. The summed E-state index contributed by atoms with van der Waals surface area (Å²) in [6.07, 6.45) is 1.83. The van der Waals surface area contributed by atoms with Gasteiger partial charge in [0.2, 0.25) is 13.7 Å². The molecule has 0 atom stereocenters. The van der Waals surface area contributed by atoms with E-state index in [-0.39, 0.29) is 5.43 Å². The van der Waals surface area contributed by atoms with Crippen molar-refractivity contribution in [2.45, 2.75) is 32.3 Å². The second kappa shape index (κ2) is 6.29. The van der Waals surface area contributed by atoms with Crippen LogP contribution in [0.25, 0.3) is 0 Å². The zero-order valence-corrected chi connectivity index (χ0v) is 13.2. The van der Waals surface area contributed by atoms with Gasteiger partial charge in [0, 0.05) is 11.8 Å². The standard InChI is InChI=1S/C13H20O3SSi/c1-6-7-17-9-12-13(16-18(3,4)5)11(14)8-10(2)15-12/h6,8H,1,7,9H2,2-5H3. The predicted octanol–water partition coefficient (Wildman–Crippen LogP) is 3.58. The van der Waals surface area contributed by atoms with E-state index in [0.717, 1.165) is 5.75 Å². The Morgan fingerprint density at radius 2 is 2.17 bits per heavy atom. The van der Waals surface area contributed by atoms with Crippen LogP contribution in [0.1, 0.15) is 11.5 Å².